The molecule has 17 heavy (non-hydrogen) atoms. The van der Waals surface area contributed by atoms with E-state index in [1.165, 1.54) is 7.11 Å². The van der Waals surface area contributed by atoms with Crippen molar-refractivity contribution in [3.63, 3.8) is 0 Å². The predicted molar refractivity (Wildman–Crippen MR) is 68.6 cm³/mol. The molecule has 3 atom stereocenters. The first-order valence-corrected chi connectivity index (χ1v) is 6.87. The molecule has 1 fully saturated rings. The highest BCUT2D eigenvalue weighted by Crippen LogP contribution is 2.41. The Balaban J connectivity index is 2.95. The van der Waals surface area contributed by atoms with Crippen LogP contribution in [0.3, 0.4) is 0 Å². The molecule has 0 aromatic rings. The summed E-state index contributed by atoms with van der Waals surface area (Å²) in [5.41, 5.74) is -0.824. The summed E-state index contributed by atoms with van der Waals surface area (Å²) in [5, 5.41) is 0.0524. The van der Waals surface area contributed by atoms with Crippen LogP contribution in [-0.4, -0.2) is 41.1 Å². The summed E-state index contributed by atoms with van der Waals surface area (Å²) in [7, 11) is 1.36. The van der Waals surface area contributed by atoms with Gasteiger partial charge in [0.2, 0.25) is 6.41 Å². The molecule has 0 saturated carbocycles. The smallest absolute Gasteiger partial charge is 0.332 e. The fraction of sp³-hybridized carbons (Fsp3) is 0.833. The van der Waals surface area contributed by atoms with Crippen molar-refractivity contribution in [1.82, 2.24) is 4.90 Å². The monoisotopic (exact) mass is 259 g/mol. The zero-order chi connectivity index (χ0) is 13.2. The normalized spacial score (nSPS) is 30.5. The molecule has 1 heterocycles. The first kappa shape index (κ1) is 14.4. The first-order valence-electron chi connectivity index (χ1n) is 5.82. The van der Waals surface area contributed by atoms with E-state index in [9.17, 15) is 9.59 Å². The quantitative estimate of drug-likeness (QED) is 0.570. The van der Waals surface area contributed by atoms with Gasteiger partial charge in [0.25, 0.3) is 0 Å². The van der Waals surface area contributed by atoms with Gasteiger partial charge in [0, 0.05) is 5.75 Å². The molecule has 1 amide bonds. The van der Waals surface area contributed by atoms with Gasteiger partial charge < -0.3 is 9.64 Å². The van der Waals surface area contributed by atoms with Gasteiger partial charge in [0.1, 0.15) is 5.54 Å². The molecule has 0 aliphatic carbocycles. The van der Waals surface area contributed by atoms with Crippen LogP contribution < -0.4 is 0 Å². The average Bonchev–Trinajstić information content (AvgIpc) is 2.65. The lowest BCUT2D eigenvalue weighted by molar-refractivity contribution is -0.155. The van der Waals surface area contributed by atoms with Crippen LogP contribution in [0.2, 0.25) is 0 Å². The predicted octanol–water partition coefficient (Wildman–Crippen LogP) is 1.74. The van der Waals surface area contributed by atoms with Gasteiger partial charge in [-0.1, -0.05) is 20.8 Å². The van der Waals surface area contributed by atoms with Crippen molar-refractivity contribution >= 4 is 24.1 Å². The van der Waals surface area contributed by atoms with Crippen LogP contribution in [0, 0.1) is 11.8 Å². The van der Waals surface area contributed by atoms with Crippen LogP contribution in [0.15, 0.2) is 0 Å². The summed E-state index contributed by atoms with van der Waals surface area (Å²) in [4.78, 5) is 24.7. The van der Waals surface area contributed by atoms with Gasteiger partial charge in [0.05, 0.1) is 12.5 Å². The lowest BCUT2D eigenvalue weighted by Gasteiger charge is -2.35. The molecule has 1 saturated heterocycles. The molecule has 5 heteroatoms. The standard InChI is InChI=1S/C12H21NO3S/c1-8(2)9(3)10-13(7-14)12(4,6-17-10)11(15)16-5/h7-10H,6H2,1-5H3/t9?,10-,12+/m1/s1. The van der Waals surface area contributed by atoms with Crippen molar-refractivity contribution in [2.45, 2.75) is 38.6 Å². The molecule has 1 aliphatic rings. The lowest BCUT2D eigenvalue weighted by atomic mass is 9.94. The van der Waals surface area contributed by atoms with Gasteiger partial charge in [-0.15, -0.1) is 11.8 Å². The minimum Gasteiger partial charge on any atom is -0.467 e. The number of ether oxygens (including phenoxy) is 1. The number of rotatable bonds is 4. The van der Waals surface area contributed by atoms with Crippen molar-refractivity contribution in [2.24, 2.45) is 11.8 Å². The molecule has 0 radical (unpaired) electrons. The van der Waals surface area contributed by atoms with Gasteiger partial charge in [-0.3, -0.25) is 4.79 Å². The number of hydrogen-bond acceptors (Lipinski definition) is 4. The maximum Gasteiger partial charge on any atom is 0.332 e. The number of thioether (sulfide) groups is 1. The number of esters is 1. The molecule has 0 aromatic heterocycles. The Morgan fingerprint density at radius 1 is 1.53 bits per heavy atom. The largest absolute Gasteiger partial charge is 0.467 e. The Morgan fingerprint density at radius 3 is 2.53 bits per heavy atom. The van der Waals surface area contributed by atoms with Crippen molar-refractivity contribution < 1.29 is 14.3 Å². The molecule has 4 nitrogen and oxygen atoms in total. The SMILES string of the molecule is COC(=O)[C@]1(C)CS[C@H](C(C)C(C)C)N1C=O. The maximum absolute atomic E-state index is 11.8. The summed E-state index contributed by atoms with van der Waals surface area (Å²) in [6, 6.07) is 0. The molecule has 0 N–H and O–H groups in total. The van der Waals surface area contributed by atoms with E-state index in [4.69, 9.17) is 4.74 Å². The number of hydrogen-bond donors (Lipinski definition) is 0. The molecular formula is C12H21NO3S. The lowest BCUT2D eigenvalue weighted by Crippen LogP contribution is -2.53. The molecule has 0 bridgehead atoms. The van der Waals surface area contributed by atoms with Crippen LogP contribution >= 0.6 is 11.8 Å². The molecule has 1 aliphatic heterocycles. The second-order valence-electron chi connectivity index (χ2n) is 5.08. The summed E-state index contributed by atoms with van der Waals surface area (Å²) in [5.74, 6) is 1.07. The van der Waals surface area contributed by atoms with Gasteiger partial charge in [-0.05, 0) is 18.8 Å². The number of methoxy groups -OCH3 is 1. The Kier molecular flexibility index (Phi) is 4.47. The van der Waals surface area contributed by atoms with Crippen molar-refractivity contribution in [1.29, 1.82) is 0 Å². The number of carbonyl (C=O) groups is 2. The summed E-state index contributed by atoms with van der Waals surface area (Å²) in [6.45, 7) is 8.14. The molecule has 1 rings (SSSR count). The van der Waals surface area contributed by atoms with E-state index in [0.717, 1.165) is 6.41 Å². The highest BCUT2D eigenvalue weighted by atomic mass is 32.2. The van der Waals surface area contributed by atoms with Crippen LogP contribution in [-0.2, 0) is 14.3 Å². The Hall–Kier alpha value is -0.710. The van der Waals surface area contributed by atoms with E-state index in [1.54, 1.807) is 23.6 Å². The minimum atomic E-state index is -0.824. The van der Waals surface area contributed by atoms with E-state index < -0.39 is 5.54 Å². The van der Waals surface area contributed by atoms with E-state index in [2.05, 4.69) is 20.8 Å². The number of carbonyl (C=O) groups excluding carboxylic acids is 2. The zero-order valence-corrected chi connectivity index (χ0v) is 11.9. The van der Waals surface area contributed by atoms with Crippen molar-refractivity contribution in [2.75, 3.05) is 12.9 Å². The summed E-state index contributed by atoms with van der Waals surface area (Å²) in [6.07, 6.45) is 0.778. The first-order chi connectivity index (χ1) is 7.88. The molecule has 0 spiro atoms. The van der Waals surface area contributed by atoms with Crippen LogP contribution in [0.4, 0.5) is 0 Å². The van der Waals surface area contributed by atoms with Crippen LogP contribution in [0.25, 0.3) is 0 Å². The Labute approximate surface area is 107 Å². The second-order valence-corrected chi connectivity index (χ2v) is 6.19. The van der Waals surface area contributed by atoms with Gasteiger partial charge >= 0.3 is 5.97 Å². The third-order valence-corrected chi connectivity index (χ3v) is 5.35. The highest BCUT2D eigenvalue weighted by molar-refractivity contribution is 8.00. The van der Waals surface area contributed by atoms with E-state index in [1.807, 2.05) is 0 Å². The number of nitrogens with zero attached hydrogens (tertiary/aromatic N) is 1. The minimum absolute atomic E-state index is 0.0524. The van der Waals surface area contributed by atoms with Crippen LogP contribution in [0.5, 0.6) is 0 Å². The van der Waals surface area contributed by atoms with Gasteiger partial charge in [-0.25, -0.2) is 4.79 Å². The molecular weight excluding hydrogens is 238 g/mol. The van der Waals surface area contributed by atoms with Gasteiger partial charge in [-0.2, -0.15) is 0 Å². The maximum atomic E-state index is 11.8. The number of amides is 1. The summed E-state index contributed by atoms with van der Waals surface area (Å²) < 4.78 is 4.80. The highest BCUT2D eigenvalue weighted by Gasteiger charge is 2.50. The fourth-order valence-corrected chi connectivity index (χ4v) is 3.80. The average molecular weight is 259 g/mol. The summed E-state index contributed by atoms with van der Waals surface area (Å²) >= 11 is 1.66. The molecule has 1 unspecified atom stereocenters. The van der Waals surface area contributed by atoms with Crippen molar-refractivity contribution in [3.8, 4) is 0 Å². The van der Waals surface area contributed by atoms with Crippen LogP contribution in [0.1, 0.15) is 27.7 Å². The molecule has 98 valence electrons. The van der Waals surface area contributed by atoms with E-state index in [-0.39, 0.29) is 11.3 Å². The third kappa shape index (κ3) is 2.44. The second kappa shape index (κ2) is 5.29. The molecule has 0 aromatic carbocycles. The van der Waals surface area contributed by atoms with E-state index >= 15 is 0 Å². The van der Waals surface area contributed by atoms with Gasteiger partial charge in [0.15, 0.2) is 0 Å². The zero-order valence-electron chi connectivity index (χ0n) is 11.1. The Morgan fingerprint density at radius 2 is 2.12 bits per heavy atom. The van der Waals surface area contributed by atoms with E-state index in [0.29, 0.717) is 17.6 Å². The third-order valence-electron chi connectivity index (χ3n) is 3.62. The Bertz CT molecular complexity index is 308. The topological polar surface area (TPSA) is 46.6 Å². The fourth-order valence-electron chi connectivity index (χ4n) is 1.98. The van der Waals surface area contributed by atoms with Crippen molar-refractivity contribution in [3.05, 3.63) is 0 Å².